The van der Waals surface area contributed by atoms with E-state index in [1.165, 1.54) is 24.9 Å². The third-order valence-corrected chi connectivity index (χ3v) is 3.18. The van der Waals surface area contributed by atoms with E-state index in [0.29, 0.717) is 0 Å². The summed E-state index contributed by atoms with van der Waals surface area (Å²) in [7, 11) is 4.07. The lowest BCUT2D eigenvalue weighted by atomic mass is 10.2. The SMILES string of the molecule is Cc1nn(C)c(NN)c1CN(C)CC1CC1. The average Bonchev–Trinajstić information content (AvgIpc) is 2.96. The number of anilines is 1. The number of rotatable bonds is 5. The van der Waals surface area contributed by atoms with Crippen molar-refractivity contribution in [3.05, 3.63) is 11.3 Å². The molecule has 0 bridgehead atoms. The fraction of sp³-hybridized carbons (Fsp3) is 0.727. The summed E-state index contributed by atoms with van der Waals surface area (Å²) in [6, 6.07) is 0. The molecule has 1 aromatic rings. The Morgan fingerprint density at radius 2 is 2.25 bits per heavy atom. The molecule has 16 heavy (non-hydrogen) atoms. The van der Waals surface area contributed by atoms with Crippen molar-refractivity contribution in [1.82, 2.24) is 14.7 Å². The molecule has 1 saturated carbocycles. The molecule has 5 heteroatoms. The molecule has 1 aliphatic carbocycles. The largest absolute Gasteiger partial charge is 0.308 e. The topological polar surface area (TPSA) is 59.1 Å². The molecule has 0 unspecified atom stereocenters. The van der Waals surface area contributed by atoms with E-state index in [1.54, 1.807) is 4.68 Å². The lowest BCUT2D eigenvalue weighted by molar-refractivity contribution is 0.313. The third-order valence-electron chi connectivity index (χ3n) is 3.18. The third kappa shape index (κ3) is 2.36. The quantitative estimate of drug-likeness (QED) is 0.574. The van der Waals surface area contributed by atoms with Crippen molar-refractivity contribution in [1.29, 1.82) is 0 Å². The van der Waals surface area contributed by atoms with Crippen LogP contribution < -0.4 is 11.3 Å². The van der Waals surface area contributed by atoms with Crippen molar-refractivity contribution >= 4 is 5.82 Å². The molecule has 0 amide bonds. The van der Waals surface area contributed by atoms with Gasteiger partial charge in [0.15, 0.2) is 0 Å². The number of aryl methyl sites for hydroxylation is 2. The molecule has 90 valence electrons. The van der Waals surface area contributed by atoms with Gasteiger partial charge < -0.3 is 10.3 Å². The molecule has 1 aliphatic rings. The molecule has 3 N–H and O–H groups in total. The number of aromatic nitrogens is 2. The van der Waals surface area contributed by atoms with Crippen molar-refractivity contribution < 1.29 is 0 Å². The highest BCUT2D eigenvalue weighted by molar-refractivity contribution is 5.46. The first kappa shape index (κ1) is 11.4. The second-order valence-corrected chi connectivity index (χ2v) is 4.82. The van der Waals surface area contributed by atoms with Gasteiger partial charge in [0.2, 0.25) is 0 Å². The van der Waals surface area contributed by atoms with Crippen molar-refractivity contribution in [2.45, 2.75) is 26.3 Å². The standard InChI is InChI=1S/C11H21N5/c1-8-10(11(13-12)16(3)14-8)7-15(2)6-9-4-5-9/h9,13H,4-7,12H2,1-3H3. The van der Waals surface area contributed by atoms with Gasteiger partial charge in [0.05, 0.1) is 5.69 Å². The highest BCUT2D eigenvalue weighted by Gasteiger charge is 2.23. The highest BCUT2D eigenvalue weighted by atomic mass is 15.4. The Morgan fingerprint density at radius 1 is 1.56 bits per heavy atom. The Hall–Kier alpha value is -1.07. The zero-order valence-electron chi connectivity index (χ0n) is 10.3. The second kappa shape index (κ2) is 4.43. The molecule has 0 spiro atoms. The number of nitrogens with one attached hydrogen (secondary N) is 1. The van der Waals surface area contributed by atoms with Gasteiger partial charge in [-0.05, 0) is 32.7 Å². The predicted octanol–water partition coefficient (Wildman–Crippen LogP) is 0.856. The number of nitrogens with zero attached hydrogens (tertiary/aromatic N) is 3. The number of hydrogen-bond acceptors (Lipinski definition) is 4. The summed E-state index contributed by atoms with van der Waals surface area (Å²) in [6.45, 7) is 4.12. The average molecular weight is 223 g/mol. The summed E-state index contributed by atoms with van der Waals surface area (Å²) >= 11 is 0. The Morgan fingerprint density at radius 3 is 2.81 bits per heavy atom. The van der Waals surface area contributed by atoms with E-state index >= 15 is 0 Å². The molecule has 2 rings (SSSR count). The Labute approximate surface area is 96.6 Å². The normalized spacial score (nSPS) is 15.8. The van der Waals surface area contributed by atoms with E-state index in [-0.39, 0.29) is 0 Å². The van der Waals surface area contributed by atoms with Crippen LogP contribution in [0.3, 0.4) is 0 Å². The summed E-state index contributed by atoms with van der Waals surface area (Å²) in [5.41, 5.74) is 4.99. The van der Waals surface area contributed by atoms with Crippen LogP contribution in [-0.2, 0) is 13.6 Å². The lowest BCUT2D eigenvalue weighted by Gasteiger charge is -2.16. The van der Waals surface area contributed by atoms with Crippen molar-refractivity contribution in [3.8, 4) is 0 Å². The van der Waals surface area contributed by atoms with E-state index in [2.05, 4.69) is 22.5 Å². The minimum Gasteiger partial charge on any atom is -0.308 e. The molecule has 1 fully saturated rings. The smallest absolute Gasteiger partial charge is 0.142 e. The van der Waals surface area contributed by atoms with Crippen LogP contribution in [0.2, 0.25) is 0 Å². The minimum absolute atomic E-state index is 0.912. The van der Waals surface area contributed by atoms with Crippen LogP contribution in [-0.4, -0.2) is 28.3 Å². The maximum absolute atomic E-state index is 5.52. The number of hydrazine groups is 1. The molecule has 5 nitrogen and oxygen atoms in total. The maximum Gasteiger partial charge on any atom is 0.142 e. The molecule has 0 saturated heterocycles. The molecule has 0 aliphatic heterocycles. The first-order valence-corrected chi connectivity index (χ1v) is 5.79. The number of nitrogens with two attached hydrogens (primary N) is 1. The Bertz CT molecular complexity index is 367. The van der Waals surface area contributed by atoms with Crippen molar-refractivity contribution in [2.24, 2.45) is 18.8 Å². The van der Waals surface area contributed by atoms with E-state index in [1.807, 2.05) is 14.0 Å². The zero-order chi connectivity index (χ0) is 11.7. The summed E-state index contributed by atoms with van der Waals surface area (Å²) < 4.78 is 1.80. The fourth-order valence-corrected chi connectivity index (χ4v) is 2.15. The molecule has 1 heterocycles. The van der Waals surface area contributed by atoms with Gasteiger partial charge in [-0.3, -0.25) is 4.68 Å². The van der Waals surface area contributed by atoms with Gasteiger partial charge in [0, 0.05) is 25.7 Å². The van der Waals surface area contributed by atoms with Gasteiger partial charge in [0.1, 0.15) is 5.82 Å². The van der Waals surface area contributed by atoms with Crippen molar-refractivity contribution in [2.75, 3.05) is 19.0 Å². The monoisotopic (exact) mass is 223 g/mol. The van der Waals surface area contributed by atoms with Crippen LogP contribution in [0.15, 0.2) is 0 Å². The minimum atomic E-state index is 0.912. The number of nitrogen functional groups attached to an aromatic ring is 1. The Balaban J connectivity index is 2.06. The fourth-order valence-electron chi connectivity index (χ4n) is 2.15. The molecule has 0 aromatic carbocycles. The van der Waals surface area contributed by atoms with Gasteiger partial charge in [-0.25, -0.2) is 5.84 Å². The lowest BCUT2D eigenvalue weighted by Crippen LogP contribution is -2.22. The predicted molar refractivity (Wildman–Crippen MR) is 64.8 cm³/mol. The first-order chi connectivity index (χ1) is 7.61. The first-order valence-electron chi connectivity index (χ1n) is 5.79. The van der Waals surface area contributed by atoms with E-state index in [4.69, 9.17) is 5.84 Å². The molecular formula is C11H21N5. The van der Waals surface area contributed by atoms with Gasteiger partial charge >= 0.3 is 0 Å². The van der Waals surface area contributed by atoms with E-state index in [9.17, 15) is 0 Å². The van der Waals surface area contributed by atoms with Gasteiger partial charge in [0.25, 0.3) is 0 Å². The van der Waals surface area contributed by atoms with Crippen LogP contribution in [0.4, 0.5) is 5.82 Å². The van der Waals surface area contributed by atoms with Crippen LogP contribution in [0, 0.1) is 12.8 Å². The van der Waals surface area contributed by atoms with Gasteiger partial charge in [-0.2, -0.15) is 5.10 Å². The maximum atomic E-state index is 5.52. The van der Waals surface area contributed by atoms with Crippen molar-refractivity contribution in [3.63, 3.8) is 0 Å². The number of hydrogen-bond donors (Lipinski definition) is 2. The van der Waals surface area contributed by atoms with E-state index in [0.717, 1.165) is 24.0 Å². The zero-order valence-corrected chi connectivity index (χ0v) is 10.3. The molecule has 0 atom stereocenters. The molecule has 0 radical (unpaired) electrons. The highest BCUT2D eigenvalue weighted by Crippen LogP contribution is 2.30. The summed E-state index contributed by atoms with van der Waals surface area (Å²) in [4.78, 5) is 2.35. The molecular weight excluding hydrogens is 202 g/mol. The van der Waals surface area contributed by atoms with Gasteiger partial charge in [-0.1, -0.05) is 0 Å². The van der Waals surface area contributed by atoms with Crippen LogP contribution >= 0.6 is 0 Å². The van der Waals surface area contributed by atoms with Gasteiger partial charge in [-0.15, -0.1) is 0 Å². The summed E-state index contributed by atoms with van der Waals surface area (Å²) in [5.74, 6) is 7.35. The van der Waals surface area contributed by atoms with Crippen LogP contribution in [0.5, 0.6) is 0 Å². The summed E-state index contributed by atoms with van der Waals surface area (Å²) in [5, 5.41) is 4.38. The summed E-state index contributed by atoms with van der Waals surface area (Å²) in [6.07, 6.45) is 2.77. The van der Waals surface area contributed by atoms with E-state index < -0.39 is 0 Å². The second-order valence-electron chi connectivity index (χ2n) is 4.82. The van der Waals surface area contributed by atoms with Crippen LogP contribution in [0.25, 0.3) is 0 Å². The Kier molecular flexibility index (Phi) is 3.16. The molecule has 1 aromatic heterocycles. The van der Waals surface area contributed by atoms with Crippen LogP contribution in [0.1, 0.15) is 24.1 Å².